The average Bonchev–Trinajstić information content (AvgIpc) is 2.66. The predicted molar refractivity (Wildman–Crippen MR) is 102 cm³/mol. The smallest absolute Gasteiger partial charge is 0.310 e. The lowest BCUT2D eigenvalue weighted by Crippen LogP contribution is -2.42. The second kappa shape index (κ2) is 9.80. The van der Waals surface area contributed by atoms with Crippen LogP contribution in [0.4, 0.5) is 0 Å². The molecule has 1 aromatic carbocycles. The Bertz CT molecular complexity index is 649. The molecule has 0 aromatic heterocycles. The van der Waals surface area contributed by atoms with E-state index in [2.05, 4.69) is 15.9 Å². The summed E-state index contributed by atoms with van der Waals surface area (Å²) in [4.78, 5) is 26.6. The Kier molecular flexibility index (Phi) is 7.75. The molecule has 2 rings (SSSR count). The average molecular weight is 428 g/mol. The zero-order chi connectivity index (χ0) is 19.1. The van der Waals surface area contributed by atoms with E-state index < -0.39 is 0 Å². The van der Waals surface area contributed by atoms with Gasteiger partial charge in [-0.3, -0.25) is 9.59 Å². The second-order valence-electron chi connectivity index (χ2n) is 6.18. The van der Waals surface area contributed by atoms with Crippen molar-refractivity contribution in [2.75, 3.05) is 33.4 Å². The van der Waals surface area contributed by atoms with Gasteiger partial charge in [-0.1, -0.05) is 6.92 Å². The quantitative estimate of drug-likeness (QED) is 0.621. The van der Waals surface area contributed by atoms with E-state index in [9.17, 15) is 9.59 Å². The van der Waals surface area contributed by atoms with E-state index in [1.807, 2.05) is 6.92 Å². The summed E-state index contributed by atoms with van der Waals surface area (Å²) in [6, 6.07) is 3.43. The summed E-state index contributed by atoms with van der Waals surface area (Å²) >= 11 is 3.47. The monoisotopic (exact) mass is 427 g/mol. The Morgan fingerprint density at radius 2 is 2.08 bits per heavy atom. The number of hydrogen-bond acceptors (Lipinski definition) is 5. The normalized spacial score (nSPS) is 16.9. The lowest BCUT2D eigenvalue weighted by Gasteiger charge is -2.31. The van der Waals surface area contributed by atoms with Crippen molar-refractivity contribution in [2.24, 2.45) is 5.92 Å². The minimum Gasteiger partial charge on any atom is -0.493 e. The van der Waals surface area contributed by atoms with Crippen LogP contribution in [-0.2, 0) is 9.53 Å². The van der Waals surface area contributed by atoms with E-state index in [0.29, 0.717) is 47.8 Å². The van der Waals surface area contributed by atoms with Crippen LogP contribution in [0.15, 0.2) is 16.6 Å². The zero-order valence-electron chi connectivity index (χ0n) is 15.5. The van der Waals surface area contributed by atoms with Crippen LogP contribution >= 0.6 is 15.9 Å². The maximum Gasteiger partial charge on any atom is 0.310 e. The topological polar surface area (TPSA) is 65.1 Å². The Morgan fingerprint density at radius 3 is 2.73 bits per heavy atom. The summed E-state index contributed by atoms with van der Waals surface area (Å²) in [5.74, 6) is 0.487. The van der Waals surface area contributed by atoms with Gasteiger partial charge in [-0.2, -0.15) is 0 Å². The number of amides is 1. The molecule has 1 aromatic rings. The highest BCUT2D eigenvalue weighted by Gasteiger charge is 2.30. The number of piperidine rings is 1. The fourth-order valence-corrected chi connectivity index (χ4v) is 3.54. The van der Waals surface area contributed by atoms with Crippen LogP contribution in [0.25, 0.3) is 0 Å². The molecule has 1 aliphatic heterocycles. The molecule has 1 amide bonds. The van der Waals surface area contributed by atoms with E-state index in [-0.39, 0.29) is 17.8 Å². The van der Waals surface area contributed by atoms with Crippen molar-refractivity contribution in [3.8, 4) is 11.5 Å². The van der Waals surface area contributed by atoms with Crippen molar-refractivity contribution in [1.82, 2.24) is 4.90 Å². The van der Waals surface area contributed by atoms with E-state index in [4.69, 9.17) is 14.2 Å². The summed E-state index contributed by atoms with van der Waals surface area (Å²) in [5.41, 5.74) is 0.502. The molecule has 7 heteroatoms. The first-order valence-electron chi connectivity index (χ1n) is 8.98. The molecule has 0 saturated carbocycles. The Labute approximate surface area is 162 Å². The van der Waals surface area contributed by atoms with Crippen molar-refractivity contribution in [3.63, 3.8) is 0 Å². The summed E-state index contributed by atoms with van der Waals surface area (Å²) in [7, 11) is 1.55. The molecule has 0 radical (unpaired) electrons. The largest absolute Gasteiger partial charge is 0.493 e. The van der Waals surface area contributed by atoms with E-state index in [0.717, 1.165) is 19.3 Å². The van der Waals surface area contributed by atoms with Gasteiger partial charge in [0.25, 0.3) is 5.91 Å². The van der Waals surface area contributed by atoms with Gasteiger partial charge in [0.1, 0.15) is 0 Å². The fourth-order valence-electron chi connectivity index (χ4n) is 2.98. The van der Waals surface area contributed by atoms with Crippen LogP contribution in [0.1, 0.15) is 43.5 Å². The first kappa shape index (κ1) is 20.6. The molecule has 144 valence electrons. The maximum atomic E-state index is 12.9. The third kappa shape index (κ3) is 4.90. The predicted octanol–water partition coefficient (Wildman–Crippen LogP) is 3.66. The molecule has 0 N–H and O–H groups in total. The van der Waals surface area contributed by atoms with Crippen molar-refractivity contribution in [3.05, 3.63) is 22.2 Å². The molecule has 26 heavy (non-hydrogen) atoms. The van der Waals surface area contributed by atoms with Crippen LogP contribution < -0.4 is 9.47 Å². The number of nitrogens with zero attached hydrogens (tertiary/aromatic N) is 1. The van der Waals surface area contributed by atoms with Gasteiger partial charge in [0.2, 0.25) is 0 Å². The lowest BCUT2D eigenvalue weighted by atomic mass is 9.97. The molecule has 0 bridgehead atoms. The van der Waals surface area contributed by atoms with Gasteiger partial charge >= 0.3 is 5.97 Å². The first-order chi connectivity index (χ1) is 12.5. The van der Waals surface area contributed by atoms with Crippen molar-refractivity contribution in [2.45, 2.75) is 33.1 Å². The third-order valence-electron chi connectivity index (χ3n) is 4.26. The SMILES string of the molecule is CCCOc1c(Br)cc(C(=O)N2CCCC(C(=O)OCC)C2)cc1OC. The summed E-state index contributed by atoms with van der Waals surface area (Å²) < 4.78 is 16.9. The van der Waals surface area contributed by atoms with Crippen LogP contribution in [0, 0.1) is 5.92 Å². The highest BCUT2D eigenvalue weighted by molar-refractivity contribution is 9.10. The summed E-state index contributed by atoms with van der Waals surface area (Å²) in [6.07, 6.45) is 2.41. The molecule has 1 atom stereocenters. The number of hydrogen-bond donors (Lipinski definition) is 0. The highest BCUT2D eigenvalue weighted by Crippen LogP contribution is 2.37. The van der Waals surface area contributed by atoms with Gasteiger partial charge in [0, 0.05) is 18.7 Å². The number of carbonyl (C=O) groups is 2. The van der Waals surface area contributed by atoms with Gasteiger partial charge in [-0.05, 0) is 54.2 Å². The molecular weight excluding hydrogens is 402 g/mol. The highest BCUT2D eigenvalue weighted by atomic mass is 79.9. The molecule has 1 saturated heterocycles. The second-order valence-corrected chi connectivity index (χ2v) is 7.03. The van der Waals surface area contributed by atoms with Crippen molar-refractivity contribution >= 4 is 27.8 Å². The number of rotatable bonds is 7. The maximum absolute atomic E-state index is 12.9. The fraction of sp³-hybridized carbons (Fsp3) is 0.579. The number of methoxy groups -OCH3 is 1. The molecule has 0 spiro atoms. The minimum absolute atomic E-state index is 0.125. The number of likely N-dealkylation sites (tertiary alicyclic amines) is 1. The van der Waals surface area contributed by atoms with E-state index in [1.165, 1.54) is 0 Å². The van der Waals surface area contributed by atoms with Crippen molar-refractivity contribution in [1.29, 1.82) is 0 Å². The van der Waals surface area contributed by atoms with Gasteiger partial charge in [0.05, 0.1) is 30.7 Å². The molecule has 1 aliphatic rings. The van der Waals surface area contributed by atoms with E-state index in [1.54, 1.807) is 31.1 Å². The molecular formula is C19H26BrNO5. The number of benzene rings is 1. The third-order valence-corrected chi connectivity index (χ3v) is 4.84. The van der Waals surface area contributed by atoms with E-state index >= 15 is 0 Å². The Hall–Kier alpha value is -1.76. The Morgan fingerprint density at radius 1 is 1.31 bits per heavy atom. The summed E-state index contributed by atoms with van der Waals surface area (Å²) in [6.45, 7) is 5.74. The van der Waals surface area contributed by atoms with Crippen molar-refractivity contribution < 1.29 is 23.8 Å². The molecule has 0 aliphatic carbocycles. The van der Waals surface area contributed by atoms with Gasteiger partial charge in [-0.15, -0.1) is 0 Å². The van der Waals surface area contributed by atoms with Gasteiger partial charge in [0.15, 0.2) is 11.5 Å². The zero-order valence-corrected chi connectivity index (χ0v) is 17.1. The molecule has 1 heterocycles. The van der Waals surface area contributed by atoms with Crippen LogP contribution in [-0.4, -0.2) is 50.2 Å². The number of esters is 1. The first-order valence-corrected chi connectivity index (χ1v) is 9.77. The number of ether oxygens (including phenoxy) is 3. The Balaban J connectivity index is 2.18. The lowest BCUT2D eigenvalue weighted by molar-refractivity contribution is -0.149. The van der Waals surface area contributed by atoms with Crippen LogP contribution in [0.2, 0.25) is 0 Å². The van der Waals surface area contributed by atoms with Gasteiger partial charge < -0.3 is 19.1 Å². The minimum atomic E-state index is -0.259. The summed E-state index contributed by atoms with van der Waals surface area (Å²) in [5, 5.41) is 0. The number of carbonyl (C=O) groups excluding carboxylic acids is 2. The molecule has 6 nitrogen and oxygen atoms in total. The van der Waals surface area contributed by atoms with Crippen LogP contribution in [0.5, 0.6) is 11.5 Å². The number of halogens is 1. The molecule has 1 fully saturated rings. The molecule has 1 unspecified atom stereocenters. The standard InChI is InChI=1S/C19H26BrNO5/c1-4-9-26-17-15(20)10-14(11-16(17)24-3)18(22)21-8-6-7-13(12-21)19(23)25-5-2/h10-11,13H,4-9,12H2,1-3H3. The van der Waals surface area contributed by atoms with Crippen LogP contribution in [0.3, 0.4) is 0 Å². The van der Waals surface area contributed by atoms with Gasteiger partial charge in [-0.25, -0.2) is 0 Å².